The molecule has 1 aromatic carbocycles. The fourth-order valence-electron chi connectivity index (χ4n) is 2.26. The molecular weight excluding hydrogens is 310 g/mol. The summed E-state index contributed by atoms with van der Waals surface area (Å²) in [6.45, 7) is 1.96. The van der Waals surface area contributed by atoms with Crippen LogP contribution >= 0.6 is 0 Å². The molecule has 3 N–H and O–H groups in total. The van der Waals surface area contributed by atoms with Crippen LogP contribution in [0.5, 0.6) is 0 Å². The van der Waals surface area contributed by atoms with Gasteiger partial charge < -0.3 is 20.2 Å². The molecule has 0 aliphatic rings. The van der Waals surface area contributed by atoms with Gasteiger partial charge in [0.25, 0.3) is 5.91 Å². The number of hydrogen-bond donors (Lipinski definition) is 2. The summed E-state index contributed by atoms with van der Waals surface area (Å²) < 4.78 is 10.0. The van der Waals surface area contributed by atoms with E-state index in [4.69, 9.17) is 14.9 Å². The van der Waals surface area contributed by atoms with E-state index in [9.17, 15) is 9.59 Å². The van der Waals surface area contributed by atoms with Gasteiger partial charge in [-0.1, -0.05) is 0 Å². The summed E-state index contributed by atoms with van der Waals surface area (Å²) in [5.41, 5.74) is 7.64. The number of nitrogens with two attached hydrogens (primary N) is 1. The number of hydrogen-bond acceptors (Lipinski definition) is 6. The van der Waals surface area contributed by atoms with E-state index < -0.39 is 5.97 Å². The highest BCUT2D eigenvalue weighted by atomic mass is 16.5. The summed E-state index contributed by atoms with van der Waals surface area (Å²) in [6, 6.07) is 8.24. The van der Waals surface area contributed by atoms with Crippen LogP contribution < -0.4 is 11.1 Å². The number of nitrogens with one attached hydrogen (secondary N) is 1. The Balaban J connectivity index is 1.95. The van der Waals surface area contributed by atoms with Crippen molar-refractivity contribution in [2.24, 2.45) is 0 Å². The van der Waals surface area contributed by atoms with E-state index >= 15 is 0 Å². The Kier molecular flexibility index (Phi) is 4.15. The van der Waals surface area contributed by atoms with E-state index in [1.54, 1.807) is 37.3 Å². The first kappa shape index (κ1) is 15.5. The third-order valence-electron chi connectivity index (χ3n) is 3.41. The van der Waals surface area contributed by atoms with Crippen molar-refractivity contribution in [1.29, 1.82) is 0 Å². The normalized spacial score (nSPS) is 10.5. The van der Waals surface area contributed by atoms with Gasteiger partial charge in [-0.05, 0) is 37.3 Å². The lowest BCUT2D eigenvalue weighted by molar-refractivity contribution is 0.0527. The van der Waals surface area contributed by atoms with Gasteiger partial charge in [-0.15, -0.1) is 0 Å². The van der Waals surface area contributed by atoms with Gasteiger partial charge in [-0.25, -0.2) is 4.79 Å². The first-order chi connectivity index (χ1) is 11.6. The highest BCUT2D eigenvalue weighted by Crippen LogP contribution is 2.26. The maximum atomic E-state index is 12.0. The van der Waals surface area contributed by atoms with Crippen LogP contribution in [0.1, 0.15) is 27.8 Å². The molecule has 0 aliphatic heterocycles. The number of carbonyl (C=O) groups excluding carboxylic acids is 2. The average molecular weight is 325 g/mol. The van der Waals surface area contributed by atoms with Crippen molar-refractivity contribution in [3.8, 4) is 0 Å². The number of esters is 1. The molecule has 1 amide bonds. The number of rotatable bonds is 4. The molecule has 24 heavy (non-hydrogen) atoms. The fourth-order valence-corrected chi connectivity index (χ4v) is 2.26. The van der Waals surface area contributed by atoms with Crippen LogP contribution in [0, 0.1) is 0 Å². The topological polar surface area (TPSA) is 107 Å². The van der Waals surface area contributed by atoms with Crippen LogP contribution in [0.3, 0.4) is 0 Å². The molecule has 0 fully saturated rings. The van der Waals surface area contributed by atoms with E-state index in [2.05, 4.69) is 10.3 Å². The molecule has 3 rings (SSSR count). The Morgan fingerprint density at radius 3 is 2.88 bits per heavy atom. The maximum Gasteiger partial charge on any atom is 0.341 e. The molecule has 0 spiro atoms. The minimum Gasteiger partial charge on any atom is -0.462 e. The molecule has 0 saturated carbocycles. The SMILES string of the molecule is CCOC(=O)c1cnc2ccc(NC(=O)c3ccco3)cc2c1N. The summed E-state index contributed by atoms with van der Waals surface area (Å²) in [5.74, 6) is -0.719. The Bertz CT molecular complexity index is 904. The number of nitrogens with zero attached hydrogens (tertiary/aromatic N) is 1. The number of aromatic nitrogens is 1. The van der Waals surface area contributed by atoms with Gasteiger partial charge in [0.05, 0.1) is 24.1 Å². The molecule has 0 aliphatic carbocycles. The van der Waals surface area contributed by atoms with Crippen LogP contribution in [-0.2, 0) is 4.74 Å². The molecule has 3 aromatic rings. The van der Waals surface area contributed by atoms with Crippen molar-refractivity contribution in [3.63, 3.8) is 0 Å². The smallest absolute Gasteiger partial charge is 0.341 e. The Hall–Kier alpha value is -3.35. The van der Waals surface area contributed by atoms with Crippen LogP contribution in [0.15, 0.2) is 47.2 Å². The fraction of sp³-hybridized carbons (Fsp3) is 0.118. The summed E-state index contributed by atoms with van der Waals surface area (Å²) in [4.78, 5) is 28.1. The predicted octanol–water partition coefficient (Wildman–Crippen LogP) is 2.84. The molecular formula is C17H15N3O4. The zero-order chi connectivity index (χ0) is 17.1. The number of anilines is 2. The quantitative estimate of drug-likeness (QED) is 0.714. The first-order valence-electron chi connectivity index (χ1n) is 7.30. The molecule has 2 aromatic heterocycles. The molecule has 0 unspecified atom stereocenters. The van der Waals surface area contributed by atoms with E-state index in [1.807, 2.05) is 0 Å². The van der Waals surface area contributed by atoms with Gasteiger partial charge in [0, 0.05) is 17.3 Å². The number of benzene rings is 1. The van der Waals surface area contributed by atoms with Crippen molar-refractivity contribution in [3.05, 3.63) is 54.1 Å². The van der Waals surface area contributed by atoms with Gasteiger partial charge in [0.15, 0.2) is 5.76 Å². The minimum absolute atomic E-state index is 0.193. The van der Waals surface area contributed by atoms with Crippen molar-refractivity contribution >= 4 is 34.2 Å². The second kappa shape index (κ2) is 6.41. The van der Waals surface area contributed by atoms with Crippen molar-refractivity contribution < 1.29 is 18.7 Å². The van der Waals surface area contributed by atoms with Gasteiger partial charge in [-0.2, -0.15) is 0 Å². The Morgan fingerprint density at radius 1 is 1.33 bits per heavy atom. The summed E-state index contributed by atoms with van der Waals surface area (Å²) in [5, 5.41) is 3.26. The standard InChI is InChI=1S/C17H15N3O4/c1-2-23-17(22)12-9-19-13-6-5-10(8-11(13)15(12)18)20-16(21)14-4-3-7-24-14/h3-9H,2H2,1H3,(H2,18,19)(H,20,21). The number of ether oxygens (including phenoxy) is 1. The third kappa shape index (κ3) is 2.91. The van der Waals surface area contributed by atoms with Gasteiger partial charge >= 0.3 is 5.97 Å². The van der Waals surface area contributed by atoms with Crippen LogP contribution in [0.25, 0.3) is 10.9 Å². The van der Waals surface area contributed by atoms with Crippen LogP contribution in [0.2, 0.25) is 0 Å². The van der Waals surface area contributed by atoms with E-state index in [-0.39, 0.29) is 29.5 Å². The minimum atomic E-state index is -0.533. The van der Waals surface area contributed by atoms with E-state index in [0.717, 1.165) is 0 Å². The molecule has 7 nitrogen and oxygen atoms in total. The van der Waals surface area contributed by atoms with Gasteiger partial charge in [-0.3, -0.25) is 9.78 Å². The number of furan rings is 1. The number of fused-ring (bicyclic) bond motifs is 1. The molecule has 0 radical (unpaired) electrons. The number of nitrogen functional groups attached to an aromatic ring is 1. The second-order valence-electron chi connectivity index (χ2n) is 4.97. The highest BCUT2D eigenvalue weighted by molar-refractivity contribution is 6.07. The monoisotopic (exact) mass is 325 g/mol. The van der Waals surface area contributed by atoms with Crippen molar-refractivity contribution in [2.75, 3.05) is 17.7 Å². The Labute approximate surface area is 137 Å². The predicted molar refractivity (Wildman–Crippen MR) is 88.8 cm³/mol. The first-order valence-corrected chi connectivity index (χ1v) is 7.30. The molecule has 0 saturated heterocycles. The van der Waals surface area contributed by atoms with Crippen LogP contribution in [0.4, 0.5) is 11.4 Å². The second-order valence-corrected chi connectivity index (χ2v) is 4.97. The lowest BCUT2D eigenvalue weighted by atomic mass is 10.1. The van der Waals surface area contributed by atoms with E-state index in [1.165, 1.54) is 12.5 Å². The Morgan fingerprint density at radius 2 is 2.17 bits per heavy atom. The lowest BCUT2D eigenvalue weighted by Crippen LogP contribution is -2.11. The summed E-state index contributed by atoms with van der Waals surface area (Å²) >= 11 is 0. The average Bonchev–Trinajstić information content (AvgIpc) is 3.10. The zero-order valence-electron chi connectivity index (χ0n) is 12.9. The van der Waals surface area contributed by atoms with Gasteiger partial charge in [0.2, 0.25) is 0 Å². The molecule has 7 heteroatoms. The maximum absolute atomic E-state index is 12.0. The summed E-state index contributed by atoms with van der Waals surface area (Å²) in [7, 11) is 0. The number of carbonyl (C=O) groups is 2. The molecule has 2 heterocycles. The van der Waals surface area contributed by atoms with Crippen molar-refractivity contribution in [1.82, 2.24) is 4.98 Å². The molecule has 0 bridgehead atoms. The van der Waals surface area contributed by atoms with E-state index in [0.29, 0.717) is 16.6 Å². The number of amides is 1. The number of pyridine rings is 1. The lowest BCUT2D eigenvalue weighted by Gasteiger charge is -2.10. The van der Waals surface area contributed by atoms with Gasteiger partial charge in [0.1, 0.15) is 5.56 Å². The molecule has 0 atom stereocenters. The summed E-state index contributed by atoms with van der Waals surface area (Å²) in [6.07, 6.45) is 2.81. The largest absolute Gasteiger partial charge is 0.462 e. The highest BCUT2D eigenvalue weighted by Gasteiger charge is 2.15. The van der Waals surface area contributed by atoms with Crippen molar-refractivity contribution in [2.45, 2.75) is 6.92 Å². The third-order valence-corrected chi connectivity index (χ3v) is 3.41. The molecule has 122 valence electrons. The van der Waals surface area contributed by atoms with Crippen LogP contribution in [-0.4, -0.2) is 23.5 Å². The zero-order valence-corrected chi connectivity index (χ0v) is 12.9.